The normalized spacial score (nSPS) is 21.7. The first-order chi connectivity index (χ1) is 19.8. The molecular weight excluding hydrogens is 530 g/mol. The Morgan fingerprint density at radius 1 is 1.05 bits per heavy atom. The molecule has 1 amide bonds. The first-order valence-corrected chi connectivity index (χ1v) is 14.6. The lowest BCUT2D eigenvalue weighted by atomic mass is 9.83. The molecule has 0 bridgehead atoms. The number of nitrogens with zero attached hydrogens (tertiary/aromatic N) is 3. The van der Waals surface area contributed by atoms with Crippen molar-refractivity contribution in [2.75, 3.05) is 60.7 Å². The monoisotopic (exact) mass is 575 g/mol. The zero-order chi connectivity index (χ0) is 29.4. The van der Waals surface area contributed by atoms with Crippen molar-refractivity contribution < 1.29 is 38.4 Å². The highest BCUT2D eigenvalue weighted by molar-refractivity contribution is 5.79. The molecule has 0 unspecified atom stereocenters. The Morgan fingerprint density at radius 3 is 2.46 bits per heavy atom. The van der Waals surface area contributed by atoms with E-state index in [9.17, 15) is 14.7 Å². The number of carboxylic acids is 1. The molecule has 0 aliphatic carbocycles. The quantitative estimate of drug-likeness (QED) is 0.294. The second-order valence-corrected chi connectivity index (χ2v) is 11.2. The van der Waals surface area contributed by atoms with E-state index in [4.69, 9.17) is 23.7 Å². The molecule has 3 aliphatic heterocycles. The highest BCUT2D eigenvalue weighted by Crippen LogP contribution is 2.47. The summed E-state index contributed by atoms with van der Waals surface area (Å²) in [5, 5.41) is 10.5. The Hall–Kier alpha value is -3.18. The highest BCUT2D eigenvalue weighted by atomic mass is 16.7. The van der Waals surface area contributed by atoms with Crippen molar-refractivity contribution in [3.05, 3.63) is 30.2 Å². The molecule has 1 N–H and O–H groups in total. The molecule has 0 spiro atoms. The Labute approximate surface area is 242 Å². The van der Waals surface area contributed by atoms with Crippen LogP contribution < -0.4 is 14.2 Å². The van der Waals surface area contributed by atoms with Gasteiger partial charge in [-0.15, -0.1) is 0 Å². The predicted molar refractivity (Wildman–Crippen MR) is 152 cm³/mol. The minimum atomic E-state index is -0.899. The zero-order valence-electron chi connectivity index (χ0n) is 24.8. The number of hydrogen-bond acceptors (Lipinski definition) is 9. The lowest BCUT2D eigenvalue weighted by Crippen LogP contribution is -2.45. The number of benzene rings is 1. The van der Waals surface area contributed by atoms with Gasteiger partial charge in [-0.1, -0.05) is 13.3 Å². The predicted octanol–water partition coefficient (Wildman–Crippen LogP) is 3.49. The molecule has 11 heteroatoms. The van der Waals surface area contributed by atoms with Crippen molar-refractivity contribution in [3.8, 4) is 17.2 Å². The molecule has 0 saturated carbocycles. The lowest BCUT2D eigenvalue weighted by Gasteiger charge is -2.30. The van der Waals surface area contributed by atoms with Crippen LogP contribution in [0.1, 0.15) is 56.9 Å². The molecule has 3 aliphatic rings. The fraction of sp³-hybridized carbons (Fsp3) is 0.667. The zero-order valence-corrected chi connectivity index (χ0v) is 24.8. The summed E-state index contributed by atoms with van der Waals surface area (Å²) >= 11 is 0. The SMILES string of the molecule is CCCCN(CCCCN(C)C)C(=O)CN1C[C@H](c2cc(OC)c3c(c2)OCO3)[C@H](C(=O)O)[C@H]1CCC1OC=CO1. The molecule has 0 aromatic heterocycles. The Kier molecular flexibility index (Phi) is 11.0. The first kappa shape index (κ1) is 30.8. The number of fused-ring (bicyclic) bond motifs is 1. The second-order valence-electron chi connectivity index (χ2n) is 11.2. The van der Waals surface area contributed by atoms with E-state index in [0.717, 1.165) is 37.8 Å². The smallest absolute Gasteiger partial charge is 0.308 e. The number of carbonyl (C=O) groups excluding carboxylic acids is 1. The summed E-state index contributed by atoms with van der Waals surface area (Å²) in [6.07, 6.45) is 7.43. The van der Waals surface area contributed by atoms with Crippen molar-refractivity contribution in [2.24, 2.45) is 5.92 Å². The van der Waals surface area contributed by atoms with Crippen LogP contribution in [0.5, 0.6) is 17.2 Å². The van der Waals surface area contributed by atoms with Crippen LogP contribution in [0.15, 0.2) is 24.7 Å². The number of methoxy groups -OCH3 is 1. The molecule has 3 heterocycles. The molecule has 1 aromatic rings. The number of rotatable bonds is 16. The third kappa shape index (κ3) is 7.77. The number of carbonyl (C=O) groups is 2. The average molecular weight is 576 g/mol. The maximum absolute atomic E-state index is 13.7. The van der Waals surface area contributed by atoms with Crippen LogP contribution in [0.4, 0.5) is 0 Å². The molecule has 3 atom stereocenters. The van der Waals surface area contributed by atoms with Crippen LogP contribution in [-0.4, -0.2) is 105 Å². The summed E-state index contributed by atoms with van der Waals surface area (Å²) in [5.41, 5.74) is 0.792. The third-order valence-corrected chi connectivity index (χ3v) is 8.11. The summed E-state index contributed by atoms with van der Waals surface area (Å²) in [6, 6.07) is 3.30. The van der Waals surface area contributed by atoms with Crippen molar-refractivity contribution in [2.45, 2.75) is 63.7 Å². The van der Waals surface area contributed by atoms with E-state index in [2.05, 4.69) is 25.9 Å². The summed E-state index contributed by atoms with van der Waals surface area (Å²) in [5.74, 6) is -0.410. The Bertz CT molecular complexity index is 1060. The van der Waals surface area contributed by atoms with E-state index in [1.165, 1.54) is 12.5 Å². The van der Waals surface area contributed by atoms with E-state index < -0.39 is 18.2 Å². The largest absolute Gasteiger partial charge is 0.493 e. The van der Waals surface area contributed by atoms with Gasteiger partial charge in [-0.25, -0.2) is 0 Å². The number of aliphatic carboxylic acids is 1. The Balaban J connectivity index is 1.56. The number of hydrogen-bond donors (Lipinski definition) is 1. The molecule has 1 fully saturated rings. The first-order valence-electron chi connectivity index (χ1n) is 14.6. The van der Waals surface area contributed by atoms with Gasteiger partial charge in [0.05, 0.1) is 19.6 Å². The van der Waals surface area contributed by atoms with Crippen LogP contribution in [0.2, 0.25) is 0 Å². The van der Waals surface area contributed by atoms with Gasteiger partial charge in [0.2, 0.25) is 24.7 Å². The minimum Gasteiger partial charge on any atom is -0.493 e. The van der Waals surface area contributed by atoms with Crippen molar-refractivity contribution in [3.63, 3.8) is 0 Å². The number of likely N-dealkylation sites (tertiary alicyclic amines) is 1. The number of amides is 1. The van der Waals surface area contributed by atoms with Gasteiger partial charge < -0.3 is 38.6 Å². The van der Waals surface area contributed by atoms with Gasteiger partial charge in [0.25, 0.3) is 0 Å². The molecule has 0 radical (unpaired) electrons. The van der Waals surface area contributed by atoms with Gasteiger partial charge in [-0.05, 0) is 64.0 Å². The fourth-order valence-corrected chi connectivity index (χ4v) is 5.98. The maximum Gasteiger partial charge on any atom is 0.308 e. The fourth-order valence-electron chi connectivity index (χ4n) is 5.98. The topological polar surface area (TPSA) is 110 Å². The van der Waals surface area contributed by atoms with Gasteiger partial charge >= 0.3 is 5.97 Å². The summed E-state index contributed by atoms with van der Waals surface area (Å²) < 4.78 is 27.7. The van der Waals surface area contributed by atoms with Gasteiger partial charge in [0.1, 0.15) is 12.5 Å². The Morgan fingerprint density at radius 2 is 1.78 bits per heavy atom. The second kappa shape index (κ2) is 14.6. The minimum absolute atomic E-state index is 0.0383. The summed E-state index contributed by atoms with van der Waals surface area (Å²) in [6.45, 7) is 5.17. The summed E-state index contributed by atoms with van der Waals surface area (Å²) in [7, 11) is 5.66. The molecule has 41 heavy (non-hydrogen) atoms. The summed E-state index contributed by atoms with van der Waals surface area (Å²) in [4.78, 5) is 32.7. The number of carboxylic acid groups (broad SMARTS) is 1. The standard InChI is InChI=1S/C30H45N3O8/c1-5-6-12-32(13-8-7-11-31(2)3)26(34)19-33-18-22(21-16-24(37-4)29-25(17-21)40-20-41-29)28(30(35)36)23(33)9-10-27-38-14-15-39-27/h14-17,22-23,27-28H,5-13,18-20H2,1-4H3,(H,35,36)/t22-,23-,28+/m1/s1. The molecule has 11 nitrogen and oxygen atoms in total. The van der Waals surface area contributed by atoms with Gasteiger partial charge in [0.15, 0.2) is 11.5 Å². The van der Waals surface area contributed by atoms with E-state index in [0.29, 0.717) is 49.7 Å². The highest BCUT2D eigenvalue weighted by Gasteiger charge is 2.48. The maximum atomic E-state index is 13.7. The lowest BCUT2D eigenvalue weighted by molar-refractivity contribution is -0.144. The van der Waals surface area contributed by atoms with Crippen LogP contribution in [0.3, 0.4) is 0 Å². The van der Waals surface area contributed by atoms with Crippen molar-refractivity contribution in [1.29, 1.82) is 0 Å². The van der Waals surface area contributed by atoms with E-state index in [1.54, 1.807) is 7.11 Å². The number of ether oxygens (including phenoxy) is 5. The van der Waals surface area contributed by atoms with E-state index in [1.807, 2.05) is 21.9 Å². The van der Waals surface area contributed by atoms with E-state index in [-0.39, 0.29) is 31.2 Å². The van der Waals surface area contributed by atoms with E-state index >= 15 is 0 Å². The van der Waals surface area contributed by atoms with Gasteiger partial charge in [-0.3, -0.25) is 14.5 Å². The van der Waals surface area contributed by atoms with Gasteiger partial charge in [-0.2, -0.15) is 0 Å². The van der Waals surface area contributed by atoms with Crippen LogP contribution in [0.25, 0.3) is 0 Å². The third-order valence-electron chi connectivity index (χ3n) is 8.11. The molecule has 228 valence electrons. The molecule has 4 rings (SSSR count). The van der Waals surface area contributed by atoms with Crippen LogP contribution in [-0.2, 0) is 19.1 Å². The van der Waals surface area contributed by atoms with Gasteiger partial charge in [0, 0.05) is 38.0 Å². The molecular formula is C30H45N3O8. The van der Waals surface area contributed by atoms with Crippen molar-refractivity contribution >= 4 is 11.9 Å². The number of unbranched alkanes of at least 4 members (excludes halogenated alkanes) is 2. The molecule has 1 aromatic carbocycles. The van der Waals surface area contributed by atoms with Crippen LogP contribution in [0, 0.1) is 5.92 Å². The average Bonchev–Trinajstić information content (AvgIpc) is 3.70. The molecule has 1 saturated heterocycles. The van der Waals surface area contributed by atoms with Crippen LogP contribution >= 0.6 is 0 Å². The van der Waals surface area contributed by atoms with Crippen molar-refractivity contribution in [1.82, 2.24) is 14.7 Å².